The Kier molecular flexibility index (Phi) is 6.46. The van der Waals surface area contributed by atoms with Gasteiger partial charge in [0.2, 0.25) is 5.95 Å². The summed E-state index contributed by atoms with van der Waals surface area (Å²) in [5, 5.41) is -0.387. The van der Waals surface area contributed by atoms with Crippen LogP contribution in [0.1, 0.15) is 68.5 Å². The maximum atomic E-state index is 12.5. The van der Waals surface area contributed by atoms with Crippen LogP contribution in [-0.2, 0) is 18.0 Å². The fraction of sp³-hybridized carbons (Fsp3) is 0.792. The van der Waals surface area contributed by atoms with E-state index in [4.69, 9.17) is 23.7 Å². The molecule has 2 fully saturated rings. The van der Waals surface area contributed by atoms with Crippen LogP contribution in [0.25, 0.3) is 11.2 Å². The van der Waals surface area contributed by atoms with Crippen molar-refractivity contribution in [1.82, 2.24) is 19.5 Å². The number of hydrogen-bond donors (Lipinski definition) is 2. The molecule has 3 N–H and O–H groups in total. The zero-order valence-corrected chi connectivity index (χ0v) is 25.6. The number of nitrogen functional groups attached to an aromatic ring is 1. The third-order valence-corrected chi connectivity index (χ3v) is 17.6. The number of nitrogens with one attached hydrogen (secondary N) is 1. The van der Waals surface area contributed by atoms with Crippen molar-refractivity contribution < 1.29 is 18.0 Å². The standard InChI is InChI=1S/C24H43N5O5Si2/c1-22(2,3)35(10,11)33-17-16-14(12-31-36(34-16,23(4,5)6)24(7,8)9)32-20(17)29-13-26-15-18(29)27-21(25)28-19(15)30/h13-14,16-17,20H,12H2,1-11H3,(H3,25,27,28,30)/t14-,16+,17+,20+/m0/s1. The fourth-order valence-electron chi connectivity index (χ4n) is 5.32. The quantitative estimate of drug-likeness (QED) is 0.550. The molecular formula is C24H43N5O5Si2. The minimum Gasteiger partial charge on any atom is -0.407 e. The van der Waals surface area contributed by atoms with Crippen LogP contribution in [0.3, 0.4) is 0 Å². The van der Waals surface area contributed by atoms with Gasteiger partial charge < -0.3 is 23.7 Å². The number of hydrogen-bond acceptors (Lipinski definition) is 8. The molecule has 12 heteroatoms. The van der Waals surface area contributed by atoms with Crippen molar-refractivity contribution in [3.05, 3.63) is 16.7 Å². The number of imidazole rings is 1. The van der Waals surface area contributed by atoms with Crippen LogP contribution < -0.4 is 11.3 Å². The molecule has 2 aliphatic rings. The molecule has 4 atom stereocenters. The molecule has 0 bridgehead atoms. The van der Waals surface area contributed by atoms with Gasteiger partial charge in [-0.2, -0.15) is 4.98 Å². The van der Waals surface area contributed by atoms with E-state index in [1.54, 1.807) is 10.9 Å². The van der Waals surface area contributed by atoms with Crippen molar-refractivity contribution in [1.29, 1.82) is 0 Å². The molecule has 36 heavy (non-hydrogen) atoms. The number of nitrogens with two attached hydrogens (primary N) is 1. The predicted molar refractivity (Wildman–Crippen MR) is 145 cm³/mol. The van der Waals surface area contributed by atoms with Crippen LogP contribution in [-0.4, -0.2) is 61.3 Å². The van der Waals surface area contributed by atoms with Crippen LogP contribution in [0.4, 0.5) is 5.95 Å². The summed E-state index contributed by atoms with van der Waals surface area (Å²) >= 11 is 0. The van der Waals surface area contributed by atoms with Gasteiger partial charge in [0.1, 0.15) is 18.3 Å². The Hall–Kier alpha value is -1.58. The molecule has 0 aromatic carbocycles. The van der Waals surface area contributed by atoms with Crippen molar-refractivity contribution in [3.63, 3.8) is 0 Å². The summed E-state index contributed by atoms with van der Waals surface area (Å²) in [6.07, 6.45) is -0.112. The highest BCUT2D eigenvalue weighted by Gasteiger charge is 2.66. The van der Waals surface area contributed by atoms with Crippen LogP contribution in [0, 0.1) is 0 Å². The Balaban J connectivity index is 1.84. The van der Waals surface area contributed by atoms with E-state index in [2.05, 4.69) is 90.4 Å². The topological polar surface area (TPSA) is 127 Å². The van der Waals surface area contributed by atoms with Gasteiger partial charge in [-0.15, -0.1) is 0 Å². The third kappa shape index (κ3) is 4.29. The second-order valence-electron chi connectivity index (χ2n) is 13.7. The van der Waals surface area contributed by atoms with E-state index in [0.717, 1.165) is 0 Å². The molecule has 4 rings (SSSR count). The lowest BCUT2D eigenvalue weighted by atomic mass is 10.1. The van der Waals surface area contributed by atoms with Crippen LogP contribution in [0.2, 0.25) is 28.2 Å². The van der Waals surface area contributed by atoms with E-state index in [1.165, 1.54) is 0 Å². The summed E-state index contributed by atoms with van der Waals surface area (Å²) in [4.78, 5) is 23.7. The van der Waals surface area contributed by atoms with E-state index in [0.29, 0.717) is 12.3 Å². The van der Waals surface area contributed by atoms with Gasteiger partial charge in [-0.05, 0) is 18.1 Å². The van der Waals surface area contributed by atoms with Gasteiger partial charge in [0.05, 0.1) is 12.9 Å². The summed E-state index contributed by atoms with van der Waals surface area (Å²) < 4.78 is 29.2. The lowest BCUT2D eigenvalue weighted by Crippen LogP contribution is -2.66. The Morgan fingerprint density at radius 3 is 2.31 bits per heavy atom. The number of ether oxygens (including phenoxy) is 1. The Bertz CT molecular complexity index is 1180. The summed E-state index contributed by atoms with van der Waals surface area (Å²) in [5.74, 6) is 0.0259. The normalized spacial score (nSPS) is 27.4. The number of aromatic nitrogens is 4. The molecule has 10 nitrogen and oxygen atoms in total. The van der Waals surface area contributed by atoms with Crippen LogP contribution in [0.5, 0.6) is 0 Å². The van der Waals surface area contributed by atoms with Gasteiger partial charge in [-0.25, -0.2) is 4.98 Å². The average Bonchev–Trinajstić information content (AvgIpc) is 3.26. The molecule has 2 saturated heterocycles. The molecular weight excluding hydrogens is 494 g/mol. The summed E-state index contributed by atoms with van der Waals surface area (Å²) in [7, 11) is -5.04. The number of anilines is 1. The lowest BCUT2D eigenvalue weighted by Gasteiger charge is -2.54. The highest BCUT2D eigenvalue weighted by Crippen LogP contribution is 2.56. The molecule has 2 aliphatic heterocycles. The molecule has 0 spiro atoms. The zero-order chi connectivity index (χ0) is 27.1. The van der Waals surface area contributed by atoms with Gasteiger partial charge in [-0.1, -0.05) is 62.3 Å². The number of rotatable bonds is 3. The first-order valence-corrected chi connectivity index (χ1v) is 17.4. The van der Waals surface area contributed by atoms with Crippen molar-refractivity contribution in [2.75, 3.05) is 12.3 Å². The number of fused-ring (bicyclic) bond motifs is 2. The number of nitrogens with zero attached hydrogens (tertiary/aromatic N) is 3. The summed E-state index contributed by atoms with van der Waals surface area (Å²) in [6.45, 7) is 24.7. The summed E-state index contributed by atoms with van der Waals surface area (Å²) in [5.41, 5.74) is 6.06. The van der Waals surface area contributed by atoms with Gasteiger partial charge in [0.15, 0.2) is 25.7 Å². The van der Waals surface area contributed by atoms with E-state index < -0.39 is 29.2 Å². The fourth-order valence-corrected chi connectivity index (χ4v) is 11.6. The Labute approximate surface area is 215 Å². The van der Waals surface area contributed by atoms with Crippen molar-refractivity contribution >= 4 is 34.0 Å². The van der Waals surface area contributed by atoms with E-state index in [9.17, 15) is 4.79 Å². The largest absolute Gasteiger partial charge is 0.407 e. The first-order valence-electron chi connectivity index (χ1n) is 12.7. The molecule has 0 saturated carbocycles. The smallest absolute Gasteiger partial charge is 0.349 e. The molecule has 0 unspecified atom stereocenters. The van der Waals surface area contributed by atoms with E-state index in [-0.39, 0.29) is 44.3 Å². The molecule has 4 heterocycles. The Morgan fingerprint density at radius 1 is 1.14 bits per heavy atom. The molecule has 0 radical (unpaired) electrons. The van der Waals surface area contributed by atoms with Crippen molar-refractivity contribution in [3.8, 4) is 0 Å². The molecule has 202 valence electrons. The third-order valence-electron chi connectivity index (χ3n) is 7.97. The van der Waals surface area contributed by atoms with E-state index >= 15 is 0 Å². The van der Waals surface area contributed by atoms with Gasteiger partial charge in [0, 0.05) is 10.1 Å². The SMILES string of the molecule is CC(C)(C)[Si](C)(C)O[C@@H]1[C@@H]2O[Si](C(C)(C)C)(C(C)(C)C)OC[C@@H]2O[C@H]1n1cnc2c(=O)[nH]c(N)nc21. The highest BCUT2D eigenvalue weighted by molar-refractivity contribution is 6.74. The molecule has 0 aliphatic carbocycles. The first-order chi connectivity index (χ1) is 16.3. The minimum absolute atomic E-state index is 0.0259. The number of H-pyrrole nitrogens is 1. The predicted octanol–water partition coefficient (Wildman–Crippen LogP) is 4.45. The van der Waals surface area contributed by atoms with Crippen molar-refractivity contribution in [2.24, 2.45) is 0 Å². The maximum absolute atomic E-state index is 12.5. The van der Waals surface area contributed by atoms with Gasteiger partial charge in [0.25, 0.3) is 5.56 Å². The molecule has 2 aromatic rings. The van der Waals surface area contributed by atoms with Crippen LogP contribution in [0.15, 0.2) is 11.1 Å². The highest BCUT2D eigenvalue weighted by atomic mass is 28.4. The minimum atomic E-state index is -2.78. The lowest BCUT2D eigenvalue weighted by molar-refractivity contribution is -0.0795. The Morgan fingerprint density at radius 2 is 1.75 bits per heavy atom. The van der Waals surface area contributed by atoms with E-state index in [1.807, 2.05) is 0 Å². The van der Waals surface area contributed by atoms with Gasteiger partial charge >= 0.3 is 8.56 Å². The average molecular weight is 538 g/mol. The van der Waals surface area contributed by atoms with Crippen molar-refractivity contribution in [2.45, 2.75) is 115 Å². The molecule has 0 amide bonds. The zero-order valence-electron chi connectivity index (χ0n) is 23.6. The summed E-state index contributed by atoms with van der Waals surface area (Å²) in [6, 6.07) is 0. The van der Waals surface area contributed by atoms with Gasteiger partial charge in [-0.3, -0.25) is 14.3 Å². The number of aromatic amines is 1. The molecule has 2 aromatic heterocycles. The second kappa shape index (κ2) is 8.47. The van der Waals surface area contributed by atoms with Crippen LogP contribution >= 0.6 is 0 Å². The maximum Gasteiger partial charge on any atom is 0.349 e. The second-order valence-corrected chi connectivity index (χ2v) is 23.2. The first kappa shape index (κ1) is 27.5. The monoisotopic (exact) mass is 537 g/mol.